The Bertz CT molecular complexity index is 886. The van der Waals surface area contributed by atoms with E-state index in [1.165, 1.54) is 4.90 Å². The van der Waals surface area contributed by atoms with E-state index in [-0.39, 0.29) is 16.7 Å². The molecule has 9 heteroatoms. The van der Waals surface area contributed by atoms with Gasteiger partial charge in [0.15, 0.2) is 11.9 Å². The summed E-state index contributed by atoms with van der Waals surface area (Å²) in [6.45, 7) is 2.56. The standard InChI is InChI=1S/C18H23N3O5S/c1-12(17(22)20(2)3)26-18(23)13-8-10-21(11-9-13)16-14-6-4-5-7-15(14)27(24,25)19-16/h4-7,12-13H,8-11H2,1-3H3/t12-/m0/s1. The number of rotatable bonds is 3. The number of hydrogen-bond donors (Lipinski definition) is 0. The Morgan fingerprint density at radius 3 is 2.48 bits per heavy atom. The Morgan fingerprint density at radius 2 is 1.85 bits per heavy atom. The number of benzene rings is 1. The Morgan fingerprint density at radius 1 is 1.22 bits per heavy atom. The number of ether oxygens (including phenoxy) is 1. The fourth-order valence-corrected chi connectivity index (χ4v) is 4.56. The summed E-state index contributed by atoms with van der Waals surface area (Å²) in [5.41, 5.74) is 0.601. The zero-order chi connectivity index (χ0) is 19.8. The molecule has 0 bridgehead atoms. The van der Waals surface area contributed by atoms with Crippen molar-refractivity contribution in [2.24, 2.45) is 10.3 Å². The number of likely N-dealkylation sites (tertiary alicyclic amines) is 1. The number of carbonyl (C=O) groups excluding carboxylic acids is 2. The summed E-state index contributed by atoms with van der Waals surface area (Å²) in [5, 5.41) is 0. The number of esters is 1. The molecule has 1 amide bonds. The van der Waals surface area contributed by atoms with Crippen LogP contribution in [0.2, 0.25) is 0 Å². The van der Waals surface area contributed by atoms with Crippen molar-refractivity contribution in [1.29, 1.82) is 0 Å². The normalized spacial score (nSPS) is 19.8. The maximum absolute atomic E-state index is 12.3. The first-order valence-electron chi connectivity index (χ1n) is 8.81. The molecular weight excluding hydrogens is 370 g/mol. The second-order valence-corrected chi connectivity index (χ2v) is 8.53. The van der Waals surface area contributed by atoms with E-state index in [0.29, 0.717) is 37.3 Å². The van der Waals surface area contributed by atoms with Gasteiger partial charge in [-0.2, -0.15) is 8.42 Å². The molecule has 1 aromatic rings. The zero-order valence-electron chi connectivity index (χ0n) is 15.6. The average molecular weight is 393 g/mol. The minimum Gasteiger partial charge on any atom is -0.452 e. The maximum Gasteiger partial charge on any atom is 0.309 e. The van der Waals surface area contributed by atoms with E-state index in [4.69, 9.17) is 4.74 Å². The first-order chi connectivity index (χ1) is 12.7. The molecule has 3 rings (SSSR count). The molecule has 2 aliphatic rings. The van der Waals surface area contributed by atoms with Gasteiger partial charge in [-0.15, -0.1) is 4.40 Å². The Kier molecular flexibility index (Phi) is 5.23. The molecule has 1 fully saturated rings. The largest absolute Gasteiger partial charge is 0.452 e. The molecule has 1 aromatic carbocycles. The highest BCUT2D eigenvalue weighted by Gasteiger charge is 2.35. The van der Waals surface area contributed by atoms with Gasteiger partial charge in [-0.05, 0) is 31.9 Å². The number of likely N-dealkylation sites (N-methyl/N-ethyl adjacent to an activating group) is 1. The third-order valence-corrected chi connectivity index (χ3v) is 6.15. The minimum atomic E-state index is -3.66. The summed E-state index contributed by atoms with van der Waals surface area (Å²) < 4.78 is 33.6. The molecule has 0 spiro atoms. The molecule has 0 N–H and O–H groups in total. The van der Waals surface area contributed by atoms with Crippen molar-refractivity contribution < 1.29 is 22.7 Å². The molecule has 1 atom stereocenters. The minimum absolute atomic E-state index is 0.220. The molecule has 0 aromatic heterocycles. The van der Waals surface area contributed by atoms with Gasteiger partial charge in [-0.25, -0.2) is 0 Å². The first-order valence-corrected chi connectivity index (χ1v) is 10.3. The van der Waals surface area contributed by atoms with Crippen LogP contribution >= 0.6 is 0 Å². The van der Waals surface area contributed by atoms with Gasteiger partial charge in [0.2, 0.25) is 0 Å². The van der Waals surface area contributed by atoms with Gasteiger partial charge in [-0.3, -0.25) is 9.59 Å². The summed E-state index contributed by atoms with van der Waals surface area (Å²) in [7, 11) is -0.434. The summed E-state index contributed by atoms with van der Waals surface area (Å²) in [4.78, 5) is 27.7. The van der Waals surface area contributed by atoms with Crippen molar-refractivity contribution in [3.8, 4) is 0 Å². The molecule has 146 valence electrons. The smallest absolute Gasteiger partial charge is 0.309 e. The predicted octanol–water partition coefficient (Wildman–Crippen LogP) is 0.867. The van der Waals surface area contributed by atoms with E-state index in [2.05, 4.69) is 4.40 Å². The Labute approximate surface area is 158 Å². The van der Waals surface area contributed by atoms with Crippen molar-refractivity contribution in [2.75, 3.05) is 27.2 Å². The van der Waals surface area contributed by atoms with Crippen LogP contribution in [0.5, 0.6) is 0 Å². The molecule has 1 saturated heterocycles. The van der Waals surface area contributed by atoms with Crippen LogP contribution in [0.3, 0.4) is 0 Å². The van der Waals surface area contributed by atoms with Crippen molar-refractivity contribution in [1.82, 2.24) is 9.80 Å². The van der Waals surface area contributed by atoms with Crippen molar-refractivity contribution in [3.05, 3.63) is 29.8 Å². The van der Waals surface area contributed by atoms with Crippen LogP contribution in [0.4, 0.5) is 0 Å². The van der Waals surface area contributed by atoms with Crippen LogP contribution in [-0.2, 0) is 24.3 Å². The quantitative estimate of drug-likeness (QED) is 0.707. The van der Waals surface area contributed by atoms with Crippen molar-refractivity contribution in [3.63, 3.8) is 0 Å². The van der Waals surface area contributed by atoms with E-state index in [1.807, 2.05) is 4.90 Å². The van der Waals surface area contributed by atoms with Crippen LogP contribution in [0.15, 0.2) is 33.6 Å². The molecule has 0 radical (unpaired) electrons. The number of fused-ring (bicyclic) bond motifs is 1. The highest BCUT2D eigenvalue weighted by molar-refractivity contribution is 7.90. The van der Waals surface area contributed by atoms with Crippen LogP contribution in [0.25, 0.3) is 0 Å². The van der Waals surface area contributed by atoms with Crippen LogP contribution < -0.4 is 0 Å². The van der Waals surface area contributed by atoms with Gasteiger partial charge < -0.3 is 14.5 Å². The van der Waals surface area contributed by atoms with E-state index in [9.17, 15) is 18.0 Å². The topological polar surface area (TPSA) is 96.3 Å². The number of amides is 1. The first kappa shape index (κ1) is 19.3. The van der Waals surface area contributed by atoms with Crippen LogP contribution in [0.1, 0.15) is 25.3 Å². The van der Waals surface area contributed by atoms with Crippen molar-refractivity contribution >= 4 is 27.7 Å². The Balaban J connectivity index is 1.63. The lowest BCUT2D eigenvalue weighted by Crippen LogP contribution is -2.42. The monoisotopic (exact) mass is 393 g/mol. The molecule has 27 heavy (non-hydrogen) atoms. The molecular formula is C18H23N3O5S. The lowest BCUT2D eigenvalue weighted by atomic mass is 9.96. The highest BCUT2D eigenvalue weighted by atomic mass is 32.2. The van der Waals surface area contributed by atoms with Crippen molar-refractivity contribution in [2.45, 2.75) is 30.8 Å². The third kappa shape index (κ3) is 3.83. The average Bonchev–Trinajstić information content (AvgIpc) is 2.92. The second kappa shape index (κ2) is 7.30. The number of piperidine rings is 1. The number of amidine groups is 1. The maximum atomic E-state index is 12.3. The number of hydrogen-bond acceptors (Lipinski definition) is 6. The van der Waals surface area contributed by atoms with Gasteiger partial charge in [0.1, 0.15) is 4.90 Å². The van der Waals surface area contributed by atoms with Gasteiger partial charge in [0.05, 0.1) is 5.92 Å². The highest BCUT2D eigenvalue weighted by Crippen LogP contribution is 2.30. The Hall–Kier alpha value is -2.42. The summed E-state index contributed by atoms with van der Waals surface area (Å²) in [6, 6.07) is 6.75. The molecule has 8 nitrogen and oxygen atoms in total. The zero-order valence-corrected chi connectivity index (χ0v) is 16.4. The third-order valence-electron chi connectivity index (χ3n) is 4.82. The molecule has 0 aliphatic carbocycles. The van der Waals surface area contributed by atoms with Gasteiger partial charge >= 0.3 is 5.97 Å². The van der Waals surface area contributed by atoms with E-state index < -0.39 is 22.1 Å². The molecule has 0 unspecified atom stereocenters. The summed E-state index contributed by atoms with van der Waals surface area (Å²) in [5.74, 6) is -0.525. The van der Waals surface area contributed by atoms with E-state index >= 15 is 0 Å². The fraction of sp³-hybridized carbons (Fsp3) is 0.500. The molecule has 0 saturated carbocycles. The number of sulfonamides is 1. The lowest BCUT2D eigenvalue weighted by Gasteiger charge is -2.32. The predicted molar refractivity (Wildman–Crippen MR) is 98.7 cm³/mol. The van der Waals surface area contributed by atoms with E-state index in [0.717, 1.165) is 0 Å². The summed E-state index contributed by atoms with van der Waals surface area (Å²) in [6.07, 6.45) is 0.216. The SMILES string of the molecule is C[C@H](OC(=O)C1CCN(C2=NS(=O)(=O)c3ccccc32)CC1)C(=O)N(C)C. The van der Waals surface area contributed by atoms with Crippen LogP contribution in [0, 0.1) is 5.92 Å². The molecule has 2 aliphatic heterocycles. The van der Waals surface area contributed by atoms with Crippen LogP contribution in [-0.4, -0.2) is 69.2 Å². The van der Waals surface area contributed by atoms with Gasteiger partial charge in [-0.1, -0.05) is 12.1 Å². The molecule has 2 heterocycles. The van der Waals surface area contributed by atoms with Gasteiger partial charge in [0, 0.05) is 32.7 Å². The fourth-order valence-electron chi connectivity index (χ4n) is 3.33. The number of nitrogens with zero attached hydrogens (tertiary/aromatic N) is 3. The lowest BCUT2D eigenvalue weighted by molar-refractivity contribution is -0.162. The number of carbonyl (C=O) groups is 2. The second-order valence-electron chi connectivity index (χ2n) is 6.96. The van der Waals surface area contributed by atoms with Gasteiger partial charge in [0.25, 0.3) is 15.9 Å². The summed E-state index contributed by atoms with van der Waals surface area (Å²) >= 11 is 0. The van der Waals surface area contributed by atoms with E-state index in [1.54, 1.807) is 45.3 Å².